The van der Waals surface area contributed by atoms with E-state index in [0.717, 1.165) is 19.1 Å². The fourth-order valence-electron chi connectivity index (χ4n) is 2.44. The van der Waals surface area contributed by atoms with Crippen molar-refractivity contribution in [3.63, 3.8) is 0 Å². The maximum atomic E-state index is 12.4. The van der Waals surface area contributed by atoms with Gasteiger partial charge in [-0.1, -0.05) is 13.8 Å². The second-order valence-electron chi connectivity index (χ2n) is 6.60. The van der Waals surface area contributed by atoms with E-state index in [1.165, 1.54) is 4.90 Å². The molecule has 5 heteroatoms. The van der Waals surface area contributed by atoms with Crippen LogP contribution in [0.2, 0.25) is 0 Å². The van der Waals surface area contributed by atoms with Crippen LogP contribution in [0.25, 0.3) is 0 Å². The second-order valence-corrected chi connectivity index (χ2v) is 6.60. The van der Waals surface area contributed by atoms with Crippen molar-refractivity contribution < 1.29 is 19.1 Å². The van der Waals surface area contributed by atoms with Crippen molar-refractivity contribution in [2.75, 3.05) is 6.61 Å². The fourth-order valence-corrected chi connectivity index (χ4v) is 2.44. The molecule has 0 radical (unpaired) electrons. The highest BCUT2D eigenvalue weighted by Gasteiger charge is 2.50. The summed E-state index contributed by atoms with van der Waals surface area (Å²) in [6.45, 7) is 11.5. The Labute approximate surface area is 121 Å². The highest BCUT2D eigenvalue weighted by atomic mass is 16.6. The average molecular weight is 285 g/mol. The average Bonchev–Trinajstić information content (AvgIpc) is 2.68. The van der Waals surface area contributed by atoms with E-state index in [2.05, 4.69) is 13.8 Å². The lowest BCUT2D eigenvalue weighted by molar-refractivity contribution is -0.117. The van der Waals surface area contributed by atoms with Crippen LogP contribution in [-0.4, -0.2) is 41.3 Å². The fraction of sp³-hybridized carbons (Fsp3) is 0.867. The molecular formula is C15H27NO4. The number of hydrogen-bond acceptors (Lipinski definition) is 4. The van der Waals surface area contributed by atoms with Gasteiger partial charge >= 0.3 is 6.09 Å². The van der Waals surface area contributed by atoms with Gasteiger partial charge in [-0.15, -0.1) is 0 Å². The lowest BCUT2D eigenvalue weighted by Crippen LogP contribution is -2.54. The number of rotatable bonds is 4. The first-order valence-corrected chi connectivity index (χ1v) is 7.28. The summed E-state index contributed by atoms with van der Waals surface area (Å²) >= 11 is 0. The molecular weight excluding hydrogens is 258 g/mol. The van der Waals surface area contributed by atoms with Gasteiger partial charge in [0.15, 0.2) is 0 Å². The Balaban J connectivity index is 3.03. The van der Waals surface area contributed by atoms with Gasteiger partial charge in [0.25, 0.3) is 0 Å². The Morgan fingerprint density at radius 2 is 2.00 bits per heavy atom. The third-order valence-electron chi connectivity index (χ3n) is 3.65. The summed E-state index contributed by atoms with van der Waals surface area (Å²) in [7, 11) is 0. The van der Waals surface area contributed by atoms with Gasteiger partial charge in [-0.25, -0.2) is 4.79 Å². The van der Waals surface area contributed by atoms with Crippen molar-refractivity contribution in [2.45, 2.75) is 71.8 Å². The standard InChI is InChI=1S/C15H27NO4/c1-7-11(8-2)12-16(13(18)20-14(3,4)5)15(6,9-17)10-19-12/h9,11-12H,7-8,10H2,1-6H3/t12-,15-/m1/s1. The second kappa shape index (κ2) is 6.12. The Kier molecular flexibility index (Phi) is 5.19. The zero-order valence-corrected chi connectivity index (χ0v) is 13.4. The van der Waals surface area contributed by atoms with E-state index < -0.39 is 23.5 Å². The van der Waals surface area contributed by atoms with E-state index in [1.807, 2.05) is 20.8 Å². The summed E-state index contributed by atoms with van der Waals surface area (Å²) in [6.07, 6.45) is 1.67. The predicted octanol–water partition coefficient (Wildman–Crippen LogP) is 2.97. The normalized spacial score (nSPS) is 26.9. The molecule has 1 rings (SSSR count). The highest BCUT2D eigenvalue weighted by Crippen LogP contribution is 2.34. The number of carbonyl (C=O) groups is 2. The molecule has 0 aromatic heterocycles. The molecule has 2 atom stereocenters. The minimum absolute atomic E-state index is 0.198. The molecule has 0 aromatic rings. The minimum atomic E-state index is -0.949. The SMILES string of the molecule is CCC(CC)[C@H]1OC[C@@](C)(C=O)N1C(=O)OC(C)(C)C. The summed E-state index contributed by atoms with van der Waals surface area (Å²) in [5, 5.41) is 0. The lowest BCUT2D eigenvalue weighted by atomic mass is 9.98. The van der Waals surface area contributed by atoms with Gasteiger partial charge in [-0.2, -0.15) is 0 Å². The number of nitrogens with zero attached hydrogens (tertiary/aromatic N) is 1. The van der Waals surface area contributed by atoms with Crippen molar-refractivity contribution in [1.82, 2.24) is 4.90 Å². The summed E-state index contributed by atoms with van der Waals surface area (Å²) < 4.78 is 11.2. The summed E-state index contributed by atoms with van der Waals surface area (Å²) in [4.78, 5) is 25.3. The predicted molar refractivity (Wildman–Crippen MR) is 76.4 cm³/mol. The molecule has 0 saturated carbocycles. The van der Waals surface area contributed by atoms with Crippen LogP contribution in [0, 0.1) is 5.92 Å². The van der Waals surface area contributed by atoms with Gasteiger partial charge in [0, 0.05) is 5.92 Å². The van der Waals surface area contributed by atoms with E-state index in [9.17, 15) is 9.59 Å². The number of carbonyl (C=O) groups excluding carboxylic acids is 2. The zero-order valence-electron chi connectivity index (χ0n) is 13.4. The monoisotopic (exact) mass is 285 g/mol. The van der Waals surface area contributed by atoms with Crippen molar-refractivity contribution in [3.05, 3.63) is 0 Å². The molecule has 0 N–H and O–H groups in total. The van der Waals surface area contributed by atoms with Crippen LogP contribution in [0.15, 0.2) is 0 Å². The third kappa shape index (κ3) is 3.51. The Morgan fingerprint density at radius 1 is 1.45 bits per heavy atom. The van der Waals surface area contributed by atoms with Crippen LogP contribution in [0.1, 0.15) is 54.4 Å². The Morgan fingerprint density at radius 3 is 2.40 bits per heavy atom. The van der Waals surface area contributed by atoms with Crippen LogP contribution in [0.5, 0.6) is 0 Å². The summed E-state index contributed by atoms with van der Waals surface area (Å²) in [5.74, 6) is 0.198. The summed E-state index contributed by atoms with van der Waals surface area (Å²) in [5.41, 5.74) is -1.54. The van der Waals surface area contributed by atoms with Gasteiger partial charge in [0.2, 0.25) is 0 Å². The smallest absolute Gasteiger partial charge is 0.413 e. The van der Waals surface area contributed by atoms with Crippen LogP contribution >= 0.6 is 0 Å². The van der Waals surface area contributed by atoms with Crippen molar-refractivity contribution >= 4 is 12.4 Å². The van der Waals surface area contributed by atoms with E-state index in [-0.39, 0.29) is 12.5 Å². The third-order valence-corrected chi connectivity index (χ3v) is 3.65. The molecule has 0 aliphatic carbocycles. The van der Waals surface area contributed by atoms with Crippen molar-refractivity contribution in [2.24, 2.45) is 5.92 Å². The van der Waals surface area contributed by atoms with Crippen LogP contribution < -0.4 is 0 Å². The minimum Gasteiger partial charge on any atom is -0.444 e. The number of aldehydes is 1. The molecule has 0 aromatic carbocycles. The van der Waals surface area contributed by atoms with Gasteiger partial charge in [-0.05, 0) is 40.5 Å². The van der Waals surface area contributed by atoms with Crippen LogP contribution in [-0.2, 0) is 14.3 Å². The zero-order chi connectivity index (χ0) is 15.6. The largest absolute Gasteiger partial charge is 0.444 e. The lowest BCUT2D eigenvalue weighted by Gasteiger charge is -2.36. The van der Waals surface area contributed by atoms with E-state index >= 15 is 0 Å². The molecule has 1 fully saturated rings. The van der Waals surface area contributed by atoms with Gasteiger partial charge in [0.05, 0.1) is 6.61 Å². The quantitative estimate of drug-likeness (QED) is 0.745. The molecule has 20 heavy (non-hydrogen) atoms. The molecule has 1 aliphatic rings. The summed E-state index contributed by atoms with van der Waals surface area (Å²) in [6, 6.07) is 0. The Hall–Kier alpha value is -1.10. The van der Waals surface area contributed by atoms with E-state index in [0.29, 0.717) is 0 Å². The number of hydrogen-bond donors (Lipinski definition) is 0. The van der Waals surface area contributed by atoms with Gasteiger partial charge in [-0.3, -0.25) is 4.90 Å². The molecule has 1 saturated heterocycles. The molecule has 1 heterocycles. The molecule has 0 unspecified atom stereocenters. The topological polar surface area (TPSA) is 55.8 Å². The van der Waals surface area contributed by atoms with Gasteiger partial charge in [0.1, 0.15) is 23.7 Å². The molecule has 5 nitrogen and oxygen atoms in total. The van der Waals surface area contributed by atoms with Crippen LogP contribution in [0.4, 0.5) is 4.79 Å². The van der Waals surface area contributed by atoms with E-state index in [1.54, 1.807) is 6.92 Å². The first-order valence-electron chi connectivity index (χ1n) is 7.28. The van der Waals surface area contributed by atoms with Crippen molar-refractivity contribution in [1.29, 1.82) is 0 Å². The first kappa shape index (κ1) is 17.0. The molecule has 1 amide bonds. The van der Waals surface area contributed by atoms with Crippen LogP contribution in [0.3, 0.4) is 0 Å². The number of amides is 1. The molecule has 0 spiro atoms. The molecule has 0 bridgehead atoms. The highest BCUT2D eigenvalue weighted by molar-refractivity contribution is 5.77. The van der Waals surface area contributed by atoms with Gasteiger partial charge < -0.3 is 14.3 Å². The maximum absolute atomic E-state index is 12.4. The van der Waals surface area contributed by atoms with Crippen molar-refractivity contribution in [3.8, 4) is 0 Å². The number of ether oxygens (including phenoxy) is 2. The molecule has 116 valence electrons. The maximum Gasteiger partial charge on any atom is 0.413 e. The molecule has 1 aliphatic heterocycles. The first-order chi connectivity index (χ1) is 9.18. The Bertz CT molecular complexity index is 359. The van der Waals surface area contributed by atoms with E-state index in [4.69, 9.17) is 9.47 Å².